The molecule has 1 heterocycles. The van der Waals surface area contributed by atoms with E-state index >= 15 is 0 Å². The number of amides is 1. The van der Waals surface area contributed by atoms with Gasteiger partial charge in [0.15, 0.2) is 5.13 Å². The molecule has 0 fully saturated rings. The molecule has 0 N–H and O–H groups in total. The number of thiazole rings is 1. The van der Waals surface area contributed by atoms with Crippen LogP contribution in [0.2, 0.25) is 0 Å². The standard InChI is InChI=1S/C18H18N2O2S/c1-3-20(18-19-15-6-4-5-7-16(15)23-18)17(21)12-13-8-10-14(22-2)11-9-13/h4-11H,3,12H2,1-2H3. The predicted molar refractivity (Wildman–Crippen MR) is 94.3 cm³/mol. The molecular weight excluding hydrogens is 308 g/mol. The average molecular weight is 326 g/mol. The second-order valence-electron chi connectivity index (χ2n) is 5.13. The molecule has 3 aromatic rings. The first-order valence-corrected chi connectivity index (χ1v) is 8.31. The van der Waals surface area contributed by atoms with Crippen LogP contribution in [0, 0.1) is 0 Å². The van der Waals surface area contributed by atoms with Gasteiger partial charge in [-0.25, -0.2) is 4.98 Å². The van der Waals surface area contributed by atoms with Crippen molar-refractivity contribution in [3.63, 3.8) is 0 Å². The summed E-state index contributed by atoms with van der Waals surface area (Å²) in [7, 11) is 1.63. The molecule has 0 spiro atoms. The first-order chi connectivity index (χ1) is 11.2. The van der Waals surface area contributed by atoms with Gasteiger partial charge in [0.1, 0.15) is 5.75 Å². The van der Waals surface area contributed by atoms with Gasteiger partial charge in [-0.15, -0.1) is 0 Å². The molecular formula is C18H18N2O2S. The van der Waals surface area contributed by atoms with Crippen molar-refractivity contribution in [2.75, 3.05) is 18.6 Å². The van der Waals surface area contributed by atoms with Crippen molar-refractivity contribution in [3.8, 4) is 5.75 Å². The summed E-state index contributed by atoms with van der Waals surface area (Å²) in [5, 5.41) is 0.757. The summed E-state index contributed by atoms with van der Waals surface area (Å²) < 4.78 is 6.24. The fourth-order valence-electron chi connectivity index (χ4n) is 2.41. The molecule has 2 aromatic carbocycles. The van der Waals surface area contributed by atoms with Crippen LogP contribution >= 0.6 is 11.3 Å². The molecule has 0 atom stereocenters. The lowest BCUT2D eigenvalue weighted by Crippen LogP contribution is -2.31. The number of hydrogen-bond acceptors (Lipinski definition) is 4. The number of para-hydroxylation sites is 1. The monoisotopic (exact) mass is 326 g/mol. The molecule has 0 aliphatic carbocycles. The third-order valence-corrected chi connectivity index (χ3v) is 4.70. The summed E-state index contributed by atoms with van der Waals surface area (Å²) in [6.45, 7) is 2.58. The molecule has 0 bridgehead atoms. The van der Waals surface area contributed by atoms with E-state index in [4.69, 9.17) is 4.74 Å². The highest BCUT2D eigenvalue weighted by atomic mass is 32.1. The van der Waals surface area contributed by atoms with Gasteiger partial charge < -0.3 is 4.74 Å². The minimum Gasteiger partial charge on any atom is -0.497 e. The Hall–Kier alpha value is -2.40. The number of anilines is 1. The number of benzene rings is 2. The fourth-order valence-corrected chi connectivity index (χ4v) is 3.45. The van der Waals surface area contributed by atoms with E-state index < -0.39 is 0 Å². The van der Waals surface area contributed by atoms with Gasteiger partial charge >= 0.3 is 0 Å². The van der Waals surface area contributed by atoms with Crippen molar-refractivity contribution in [1.29, 1.82) is 0 Å². The minimum absolute atomic E-state index is 0.0525. The number of carbonyl (C=O) groups excluding carboxylic acids is 1. The highest BCUT2D eigenvalue weighted by molar-refractivity contribution is 7.22. The normalized spacial score (nSPS) is 10.7. The summed E-state index contributed by atoms with van der Waals surface area (Å²) in [4.78, 5) is 19.0. The molecule has 0 saturated heterocycles. The Morgan fingerprint density at radius 1 is 1.17 bits per heavy atom. The Labute approximate surface area is 139 Å². The van der Waals surface area contributed by atoms with E-state index in [9.17, 15) is 4.79 Å². The maximum Gasteiger partial charge on any atom is 0.233 e. The van der Waals surface area contributed by atoms with Gasteiger partial charge in [0.25, 0.3) is 0 Å². The summed E-state index contributed by atoms with van der Waals surface area (Å²) in [6.07, 6.45) is 0.355. The zero-order valence-electron chi connectivity index (χ0n) is 13.2. The van der Waals surface area contributed by atoms with Crippen LogP contribution in [0.4, 0.5) is 5.13 Å². The molecule has 3 rings (SSSR count). The molecule has 118 valence electrons. The number of ether oxygens (including phenoxy) is 1. The van der Waals surface area contributed by atoms with Gasteiger partial charge in [-0.2, -0.15) is 0 Å². The van der Waals surface area contributed by atoms with Crippen LogP contribution in [0.25, 0.3) is 10.2 Å². The average Bonchev–Trinajstić information content (AvgIpc) is 2.99. The van der Waals surface area contributed by atoms with E-state index in [1.54, 1.807) is 23.3 Å². The number of carbonyl (C=O) groups is 1. The summed E-state index contributed by atoms with van der Waals surface area (Å²) in [5.41, 5.74) is 1.90. The zero-order valence-corrected chi connectivity index (χ0v) is 14.0. The molecule has 0 radical (unpaired) electrons. The second kappa shape index (κ2) is 6.79. The van der Waals surface area contributed by atoms with Gasteiger partial charge in [0, 0.05) is 6.54 Å². The number of nitrogens with zero attached hydrogens (tertiary/aromatic N) is 2. The quantitative estimate of drug-likeness (QED) is 0.714. The van der Waals surface area contributed by atoms with Crippen molar-refractivity contribution in [2.24, 2.45) is 0 Å². The molecule has 0 aliphatic heterocycles. The van der Waals surface area contributed by atoms with Crippen LogP contribution in [0.1, 0.15) is 12.5 Å². The second-order valence-corrected chi connectivity index (χ2v) is 6.14. The summed E-state index contributed by atoms with van der Waals surface area (Å²) in [6, 6.07) is 15.5. The summed E-state index contributed by atoms with van der Waals surface area (Å²) >= 11 is 1.55. The lowest BCUT2D eigenvalue weighted by atomic mass is 10.1. The van der Waals surface area contributed by atoms with E-state index in [0.717, 1.165) is 26.7 Å². The molecule has 0 aliphatic rings. The minimum atomic E-state index is 0.0525. The van der Waals surface area contributed by atoms with Crippen LogP contribution < -0.4 is 9.64 Å². The topological polar surface area (TPSA) is 42.4 Å². The predicted octanol–water partition coefficient (Wildman–Crippen LogP) is 3.90. The molecule has 23 heavy (non-hydrogen) atoms. The Morgan fingerprint density at radius 2 is 1.91 bits per heavy atom. The highest BCUT2D eigenvalue weighted by Gasteiger charge is 2.18. The lowest BCUT2D eigenvalue weighted by Gasteiger charge is -2.17. The van der Waals surface area contributed by atoms with Gasteiger partial charge in [-0.05, 0) is 36.8 Å². The van der Waals surface area contributed by atoms with E-state index in [2.05, 4.69) is 4.98 Å². The lowest BCUT2D eigenvalue weighted by molar-refractivity contribution is -0.117. The molecule has 5 heteroatoms. The Morgan fingerprint density at radius 3 is 2.57 bits per heavy atom. The number of methoxy groups -OCH3 is 1. The van der Waals surface area contributed by atoms with E-state index in [-0.39, 0.29) is 5.91 Å². The number of fused-ring (bicyclic) bond motifs is 1. The van der Waals surface area contributed by atoms with Gasteiger partial charge in [-0.3, -0.25) is 9.69 Å². The smallest absolute Gasteiger partial charge is 0.233 e. The maximum atomic E-state index is 12.6. The van der Waals surface area contributed by atoms with E-state index in [0.29, 0.717) is 13.0 Å². The van der Waals surface area contributed by atoms with Crippen molar-refractivity contribution < 1.29 is 9.53 Å². The Kier molecular flexibility index (Phi) is 4.57. The molecule has 4 nitrogen and oxygen atoms in total. The summed E-state index contributed by atoms with van der Waals surface area (Å²) in [5.74, 6) is 0.844. The number of aromatic nitrogens is 1. The SMILES string of the molecule is CCN(C(=O)Cc1ccc(OC)cc1)c1nc2ccccc2s1. The molecule has 0 saturated carbocycles. The van der Waals surface area contributed by atoms with E-state index in [1.165, 1.54) is 0 Å². The van der Waals surface area contributed by atoms with Crippen LogP contribution in [-0.4, -0.2) is 24.5 Å². The number of rotatable bonds is 5. The molecule has 1 amide bonds. The van der Waals surface area contributed by atoms with Crippen molar-refractivity contribution >= 4 is 32.6 Å². The Bertz CT molecular complexity index is 778. The highest BCUT2D eigenvalue weighted by Crippen LogP contribution is 2.29. The zero-order chi connectivity index (χ0) is 16.2. The molecule has 1 aromatic heterocycles. The van der Waals surface area contributed by atoms with Crippen LogP contribution in [0.15, 0.2) is 48.5 Å². The number of likely N-dealkylation sites (N-methyl/N-ethyl adjacent to an activating group) is 1. The Balaban J connectivity index is 1.80. The first-order valence-electron chi connectivity index (χ1n) is 7.50. The third kappa shape index (κ3) is 3.35. The third-order valence-electron chi connectivity index (χ3n) is 3.65. The van der Waals surface area contributed by atoms with Crippen LogP contribution in [0.3, 0.4) is 0 Å². The van der Waals surface area contributed by atoms with Crippen molar-refractivity contribution in [3.05, 3.63) is 54.1 Å². The van der Waals surface area contributed by atoms with Gasteiger partial charge in [-0.1, -0.05) is 35.6 Å². The van der Waals surface area contributed by atoms with Crippen LogP contribution in [0.5, 0.6) is 5.75 Å². The van der Waals surface area contributed by atoms with Crippen molar-refractivity contribution in [1.82, 2.24) is 4.98 Å². The maximum absolute atomic E-state index is 12.6. The van der Waals surface area contributed by atoms with E-state index in [1.807, 2.05) is 55.5 Å². The van der Waals surface area contributed by atoms with Gasteiger partial charge in [0.2, 0.25) is 5.91 Å². The van der Waals surface area contributed by atoms with Crippen molar-refractivity contribution in [2.45, 2.75) is 13.3 Å². The fraction of sp³-hybridized carbons (Fsp3) is 0.222. The number of hydrogen-bond donors (Lipinski definition) is 0. The van der Waals surface area contributed by atoms with Crippen LogP contribution in [-0.2, 0) is 11.2 Å². The largest absolute Gasteiger partial charge is 0.497 e. The molecule has 0 unspecified atom stereocenters. The van der Waals surface area contributed by atoms with Gasteiger partial charge in [0.05, 0.1) is 23.7 Å². The first kappa shape index (κ1) is 15.5.